The van der Waals surface area contributed by atoms with Crippen LogP contribution < -0.4 is 4.90 Å². The molecule has 2 aliphatic carbocycles. The van der Waals surface area contributed by atoms with Gasteiger partial charge in [0.2, 0.25) is 0 Å². The summed E-state index contributed by atoms with van der Waals surface area (Å²) in [6, 6.07) is 42.9. The second-order valence-corrected chi connectivity index (χ2v) is 14.2. The molecule has 2 nitrogen and oxygen atoms in total. The Kier molecular flexibility index (Phi) is 6.27. The van der Waals surface area contributed by atoms with Gasteiger partial charge in [0.1, 0.15) is 11.2 Å². The molecule has 230 valence electrons. The van der Waals surface area contributed by atoms with Crippen molar-refractivity contribution in [2.24, 2.45) is 0 Å². The number of anilines is 3. The molecule has 0 aliphatic heterocycles. The Hall–Kier alpha value is -5.08. The second-order valence-electron chi connectivity index (χ2n) is 14.2. The van der Waals surface area contributed by atoms with Gasteiger partial charge in [0, 0.05) is 33.6 Å². The zero-order valence-electron chi connectivity index (χ0n) is 27.7. The van der Waals surface area contributed by atoms with Gasteiger partial charge in [0.25, 0.3) is 0 Å². The largest absolute Gasteiger partial charge is 0.456 e. The second kappa shape index (κ2) is 10.5. The molecule has 47 heavy (non-hydrogen) atoms. The van der Waals surface area contributed by atoms with E-state index in [4.69, 9.17) is 4.42 Å². The van der Waals surface area contributed by atoms with Crippen molar-refractivity contribution in [1.82, 2.24) is 0 Å². The maximum absolute atomic E-state index is 6.42. The smallest absolute Gasteiger partial charge is 0.137 e. The van der Waals surface area contributed by atoms with Gasteiger partial charge in [-0.15, -0.1) is 0 Å². The van der Waals surface area contributed by atoms with E-state index in [1.165, 1.54) is 87.0 Å². The lowest BCUT2D eigenvalue weighted by Crippen LogP contribution is -2.17. The number of para-hydroxylation sites is 1. The van der Waals surface area contributed by atoms with E-state index in [1.807, 2.05) is 6.07 Å². The third kappa shape index (κ3) is 4.38. The lowest BCUT2D eigenvalue weighted by molar-refractivity contribution is 0.660. The number of hydrogen-bond acceptors (Lipinski definition) is 2. The summed E-state index contributed by atoms with van der Waals surface area (Å²) < 4.78 is 6.42. The van der Waals surface area contributed by atoms with Crippen LogP contribution in [-0.2, 0) is 18.3 Å². The van der Waals surface area contributed by atoms with E-state index in [-0.39, 0.29) is 5.41 Å². The average Bonchev–Trinajstić information content (AvgIpc) is 3.57. The highest BCUT2D eigenvalue weighted by Gasteiger charge is 2.36. The Morgan fingerprint density at radius 1 is 0.553 bits per heavy atom. The van der Waals surface area contributed by atoms with Crippen molar-refractivity contribution in [1.29, 1.82) is 0 Å². The van der Waals surface area contributed by atoms with Gasteiger partial charge >= 0.3 is 0 Å². The van der Waals surface area contributed by atoms with Gasteiger partial charge < -0.3 is 9.32 Å². The van der Waals surface area contributed by atoms with Crippen LogP contribution in [0.15, 0.2) is 120 Å². The van der Waals surface area contributed by atoms with Crippen LogP contribution in [0.5, 0.6) is 0 Å². The first-order valence-corrected chi connectivity index (χ1v) is 17.1. The molecule has 1 aromatic heterocycles. The minimum Gasteiger partial charge on any atom is -0.456 e. The first-order chi connectivity index (χ1) is 22.9. The molecule has 0 bridgehead atoms. The molecule has 0 atom stereocenters. The predicted octanol–water partition coefficient (Wildman–Crippen LogP) is 12.5. The molecule has 0 unspecified atom stereocenters. The molecule has 0 saturated heterocycles. The van der Waals surface area contributed by atoms with Crippen molar-refractivity contribution in [2.75, 3.05) is 4.90 Å². The third-order valence-corrected chi connectivity index (χ3v) is 10.8. The quantitative estimate of drug-likeness (QED) is 0.197. The first-order valence-electron chi connectivity index (χ1n) is 17.1. The number of benzene rings is 6. The summed E-state index contributed by atoms with van der Waals surface area (Å²) in [5.74, 6) is 0. The number of nitrogens with zero attached hydrogens (tertiary/aromatic N) is 1. The van der Waals surface area contributed by atoms with Crippen LogP contribution in [-0.4, -0.2) is 0 Å². The van der Waals surface area contributed by atoms with E-state index in [2.05, 4.69) is 142 Å². The van der Waals surface area contributed by atoms with E-state index in [0.717, 1.165) is 33.3 Å². The molecule has 9 rings (SSSR count). The molecule has 0 fully saturated rings. The standard InChI is InChI=1S/C45H39NO/c1-28-23-33(32-18-17-30-11-5-6-12-31(30)25-32)24-29(2)44(28)46(35-20-22-39-38-14-8-10-16-42(38)47-43(39)27-35)34-19-21-37-36-13-7-9-15-40(36)45(3,4)41(37)26-34/h7-10,13-27H,5-6,11-12H2,1-4H3. The van der Waals surface area contributed by atoms with Gasteiger partial charge in [-0.25, -0.2) is 0 Å². The highest BCUT2D eigenvalue weighted by atomic mass is 16.3. The average molecular weight is 610 g/mol. The molecule has 0 spiro atoms. The number of aryl methyl sites for hydroxylation is 4. The summed E-state index contributed by atoms with van der Waals surface area (Å²) in [5, 5.41) is 2.30. The van der Waals surface area contributed by atoms with Gasteiger partial charge in [0.15, 0.2) is 0 Å². The van der Waals surface area contributed by atoms with E-state index in [0.29, 0.717) is 0 Å². The lowest BCUT2D eigenvalue weighted by Gasteiger charge is -2.31. The third-order valence-electron chi connectivity index (χ3n) is 10.8. The van der Waals surface area contributed by atoms with Crippen molar-refractivity contribution in [3.8, 4) is 22.3 Å². The molecule has 0 saturated carbocycles. The molecular weight excluding hydrogens is 571 g/mol. The summed E-state index contributed by atoms with van der Waals surface area (Å²) in [6.45, 7) is 9.25. The van der Waals surface area contributed by atoms with E-state index in [1.54, 1.807) is 0 Å². The predicted molar refractivity (Wildman–Crippen MR) is 198 cm³/mol. The van der Waals surface area contributed by atoms with Crippen LogP contribution in [0, 0.1) is 13.8 Å². The maximum Gasteiger partial charge on any atom is 0.137 e. The zero-order chi connectivity index (χ0) is 31.9. The van der Waals surface area contributed by atoms with Gasteiger partial charge in [-0.3, -0.25) is 0 Å². The summed E-state index contributed by atoms with van der Waals surface area (Å²) in [7, 11) is 0. The van der Waals surface area contributed by atoms with Crippen molar-refractivity contribution in [2.45, 2.75) is 58.8 Å². The zero-order valence-corrected chi connectivity index (χ0v) is 27.7. The van der Waals surface area contributed by atoms with Crippen molar-refractivity contribution < 1.29 is 4.42 Å². The fourth-order valence-corrected chi connectivity index (χ4v) is 8.48. The van der Waals surface area contributed by atoms with E-state index in [9.17, 15) is 0 Å². The minimum atomic E-state index is -0.0866. The Balaban J connectivity index is 1.23. The topological polar surface area (TPSA) is 16.4 Å². The van der Waals surface area contributed by atoms with Gasteiger partial charge in [-0.2, -0.15) is 0 Å². The number of hydrogen-bond donors (Lipinski definition) is 0. The highest BCUT2D eigenvalue weighted by Crippen LogP contribution is 2.51. The van der Waals surface area contributed by atoms with E-state index < -0.39 is 0 Å². The molecule has 0 amide bonds. The van der Waals surface area contributed by atoms with Gasteiger partial charge in [-0.1, -0.05) is 80.6 Å². The monoisotopic (exact) mass is 609 g/mol. The molecule has 7 aromatic rings. The normalized spacial score (nSPS) is 14.6. The molecule has 0 N–H and O–H groups in total. The SMILES string of the molecule is Cc1cc(-c2ccc3c(c2)CCCC3)cc(C)c1N(c1ccc2c(c1)C(C)(C)c1ccccc1-2)c1ccc2c(c1)oc1ccccc12. The Labute approximate surface area is 277 Å². The summed E-state index contributed by atoms with van der Waals surface area (Å²) in [6.07, 6.45) is 5.00. The fraction of sp³-hybridized carbons (Fsp3) is 0.200. The lowest BCUT2D eigenvalue weighted by atomic mass is 9.82. The van der Waals surface area contributed by atoms with Crippen molar-refractivity contribution >= 4 is 39.0 Å². The van der Waals surface area contributed by atoms with Crippen LogP contribution in [0.1, 0.15) is 60.1 Å². The maximum atomic E-state index is 6.42. The Morgan fingerprint density at radius 2 is 1.23 bits per heavy atom. The van der Waals surface area contributed by atoms with E-state index >= 15 is 0 Å². The summed E-state index contributed by atoms with van der Waals surface area (Å²) in [5.41, 5.74) is 18.8. The van der Waals surface area contributed by atoms with Crippen LogP contribution in [0.4, 0.5) is 17.1 Å². The van der Waals surface area contributed by atoms with Crippen molar-refractivity contribution in [3.63, 3.8) is 0 Å². The number of rotatable bonds is 4. The molecule has 2 heteroatoms. The number of furan rings is 1. The van der Waals surface area contributed by atoms with Crippen LogP contribution in [0.25, 0.3) is 44.2 Å². The van der Waals surface area contributed by atoms with Crippen LogP contribution in [0.2, 0.25) is 0 Å². The molecule has 0 radical (unpaired) electrons. The molecule has 6 aromatic carbocycles. The summed E-state index contributed by atoms with van der Waals surface area (Å²) in [4.78, 5) is 2.45. The number of fused-ring (bicyclic) bond motifs is 7. The van der Waals surface area contributed by atoms with Gasteiger partial charge in [0.05, 0.1) is 5.69 Å². The summed E-state index contributed by atoms with van der Waals surface area (Å²) >= 11 is 0. The molecule has 1 heterocycles. The molecule has 2 aliphatic rings. The highest BCUT2D eigenvalue weighted by molar-refractivity contribution is 6.06. The molecular formula is C45H39NO. The Morgan fingerprint density at radius 3 is 2.09 bits per heavy atom. The minimum absolute atomic E-state index is 0.0866. The first kappa shape index (κ1) is 28.2. The van der Waals surface area contributed by atoms with Gasteiger partial charge in [-0.05, 0) is 138 Å². The Bertz CT molecular complexity index is 2350. The van der Waals surface area contributed by atoms with Crippen LogP contribution in [0.3, 0.4) is 0 Å². The van der Waals surface area contributed by atoms with Crippen LogP contribution >= 0.6 is 0 Å². The van der Waals surface area contributed by atoms with Crippen molar-refractivity contribution in [3.05, 3.63) is 149 Å². The fourth-order valence-electron chi connectivity index (χ4n) is 8.48.